The molecule has 0 aliphatic carbocycles. The van der Waals surface area contributed by atoms with Gasteiger partial charge in [0.15, 0.2) is 11.3 Å². The van der Waals surface area contributed by atoms with Crippen molar-refractivity contribution in [1.29, 1.82) is 0 Å². The maximum absolute atomic E-state index is 10.5. The van der Waals surface area contributed by atoms with E-state index < -0.39 is 0 Å². The van der Waals surface area contributed by atoms with Crippen LogP contribution in [0, 0.1) is 13.8 Å². The molecule has 1 aromatic carbocycles. The maximum Gasteiger partial charge on any atom is 0.178 e. The molecule has 0 saturated carbocycles. The molecule has 0 N–H and O–H groups in total. The molecule has 0 atom stereocenters. The summed E-state index contributed by atoms with van der Waals surface area (Å²) in [4.78, 5) is 14.7. The van der Waals surface area contributed by atoms with Gasteiger partial charge in [0.2, 0.25) is 0 Å². The fraction of sp³-hybridized carbons (Fsp3) is 0.167. The summed E-state index contributed by atoms with van der Waals surface area (Å²) < 4.78 is 0. The van der Waals surface area contributed by atoms with Gasteiger partial charge in [0, 0.05) is 10.9 Å². The Morgan fingerprint density at radius 1 is 1.27 bits per heavy atom. The molecule has 1 aromatic heterocycles. The molecule has 0 saturated heterocycles. The van der Waals surface area contributed by atoms with Crippen LogP contribution in [0.1, 0.15) is 20.9 Å². The number of aldehydes is 1. The van der Waals surface area contributed by atoms with Crippen LogP contribution in [0.4, 0.5) is 0 Å². The highest BCUT2D eigenvalue weighted by atomic mass is 32.1. The van der Waals surface area contributed by atoms with Crippen LogP contribution in [0.25, 0.3) is 11.3 Å². The second-order valence-corrected chi connectivity index (χ2v) is 4.38. The van der Waals surface area contributed by atoms with Gasteiger partial charge < -0.3 is 0 Å². The lowest BCUT2D eigenvalue weighted by Gasteiger charge is -2.01. The number of aromatic nitrogens is 1. The monoisotopic (exact) mass is 217 g/mol. The van der Waals surface area contributed by atoms with Crippen LogP contribution in [0.5, 0.6) is 0 Å². The van der Waals surface area contributed by atoms with E-state index in [1.807, 2.05) is 11.4 Å². The van der Waals surface area contributed by atoms with Crippen LogP contribution in [-0.2, 0) is 0 Å². The minimum Gasteiger partial charge on any atom is -0.295 e. The first-order valence-electron chi connectivity index (χ1n) is 4.69. The van der Waals surface area contributed by atoms with E-state index in [0.29, 0.717) is 5.01 Å². The third-order valence-corrected chi connectivity index (χ3v) is 3.20. The van der Waals surface area contributed by atoms with Crippen LogP contribution in [0.3, 0.4) is 0 Å². The van der Waals surface area contributed by atoms with Crippen molar-refractivity contribution in [2.24, 2.45) is 0 Å². The number of rotatable bonds is 2. The highest BCUT2D eigenvalue weighted by Gasteiger charge is 2.04. The summed E-state index contributed by atoms with van der Waals surface area (Å²) in [6.07, 6.45) is 0.787. The van der Waals surface area contributed by atoms with E-state index in [1.54, 1.807) is 0 Å². The predicted molar refractivity (Wildman–Crippen MR) is 62.4 cm³/mol. The Kier molecular flexibility index (Phi) is 2.64. The third-order valence-electron chi connectivity index (χ3n) is 2.43. The van der Waals surface area contributed by atoms with Crippen molar-refractivity contribution in [3.63, 3.8) is 0 Å². The molecule has 0 aliphatic rings. The van der Waals surface area contributed by atoms with Crippen molar-refractivity contribution in [1.82, 2.24) is 4.98 Å². The molecule has 2 rings (SSSR count). The minimum absolute atomic E-state index is 0.531. The van der Waals surface area contributed by atoms with E-state index in [1.165, 1.54) is 22.5 Å². The Hall–Kier alpha value is -1.48. The van der Waals surface area contributed by atoms with Gasteiger partial charge in [-0.15, -0.1) is 11.3 Å². The van der Waals surface area contributed by atoms with Gasteiger partial charge >= 0.3 is 0 Å². The molecule has 1 heterocycles. The molecule has 0 radical (unpaired) electrons. The summed E-state index contributed by atoms with van der Waals surface area (Å²) in [6.45, 7) is 4.16. The van der Waals surface area contributed by atoms with Gasteiger partial charge in [-0.1, -0.05) is 12.1 Å². The van der Waals surface area contributed by atoms with Crippen molar-refractivity contribution in [3.8, 4) is 11.3 Å². The number of hydrogen-bond donors (Lipinski definition) is 0. The minimum atomic E-state index is 0.531. The summed E-state index contributed by atoms with van der Waals surface area (Å²) in [5.74, 6) is 0. The highest BCUT2D eigenvalue weighted by Crippen LogP contribution is 2.23. The molecule has 2 aromatic rings. The molecular weight excluding hydrogens is 206 g/mol. The fourth-order valence-corrected chi connectivity index (χ4v) is 2.00. The van der Waals surface area contributed by atoms with E-state index in [-0.39, 0.29) is 0 Å². The molecule has 0 fully saturated rings. The van der Waals surface area contributed by atoms with Gasteiger partial charge in [-0.2, -0.15) is 0 Å². The van der Waals surface area contributed by atoms with Gasteiger partial charge in [-0.05, 0) is 31.0 Å². The average Bonchev–Trinajstić information content (AvgIpc) is 2.70. The van der Waals surface area contributed by atoms with Gasteiger partial charge in [0.05, 0.1) is 5.69 Å². The number of hydrogen-bond acceptors (Lipinski definition) is 3. The summed E-state index contributed by atoms with van der Waals surface area (Å²) in [6, 6.07) is 6.20. The average molecular weight is 217 g/mol. The van der Waals surface area contributed by atoms with E-state index in [2.05, 4.69) is 31.0 Å². The summed E-state index contributed by atoms with van der Waals surface area (Å²) in [7, 11) is 0. The molecule has 0 amide bonds. The number of nitrogens with zero attached hydrogens (tertiary/aromatic N) is 1. The van der Waals surface area contributed by atoms with Crippen molar-refractivity contribution in [3.05, 3.63) is 39.7 Å². The Bertz CT molecular complexity index is 502. The summed E-state index contributed by atoms with van der Waals surface area (Å²) >= 11 is 1.38. The predicted octanol–water partition coefficient (Wildman–Crippen LogP) is 3.24. The van der Waals surface area contributed by atoms with Gasteiger partial charge in [0.25, 0.3) is 0 Å². The Morgan fingerprint density at radius 2 is 2.07 bits per heavy atom. The van der Waals surface area contributed by atoms with Crippen molar-refractivity contribution < 1.29 is 4.79 Å². The second-order valence-electron chi connectivity index (χ2n) is 3.49. The van der Waals surface area contributed by atoms with E-state index in [4.69, 9.17) is 0 Å². The topological polar surface area (TPSA) is 30.0 Å². The van der Waals surface area contributed by atoms with Crippen molar-refractivity contribution in [2.45, 2.75) is 13.8 Å². The Balaban J connectivity index is 2.44. The van der Waals surface area contributed by atoms with Crippen LogP contribution < -0.4 is 0 Å². The molecule has 0 spiro atoms. The normalized spacial score (nSPS) is 10.3. The lowest BCUT2D eigenvalue weighted by Crippen LogP contribution is -1.84. The molecule has 2 nitrogen and oxygen atoms in total. The quantitative estimate of drug-likeness (QED) is 0.723. The van der Waals surface area contributed by atoms with Crippen LogP contribution in [0.2, 0.25) is 0 Å². The molecule has 0 unspecified atom stereocenters. The maximum atomic E-state index is 10.5. The SMILES string of the molecule is Cc1ccc(-c2csc(C=O)n2)cc1C. The first-order valence-corrected chi connectivity index (χ1v) is 5.57. The smallest absolute Gasteiger partial charge is 0.178 e. The lowest BCUT2D eigenvalue weighted by molar-refractivity contribution is 0.112. The Labute approximate surface area is 92.6 Å². The standard InChI is InChI=1S/C12H11NOS/c1-8-3-4-10(5-9(8)2)11-7-15-12(6-14)13-11/h3-7H,1-2H3. The van der Waals surface area contributed by atoms with Crippen molar-refractivity contribution >= 4 is 17.6 Å². The van der Waals surface area contributed by atoms with Crippen molar-refractivity contribution in [2.75, 3.05) is 0 Å². The molecule has 0 bridgehead atoms. The van der Waals surface area contributed by atoms with Crippen LogP contribution in [-0.4, -0.2) is 11.3 Å². The number of aryl methyl sites for hydroxylation is 2. The lowest BCUT2D eigenvalue weighted by atomic mass is 10.1. The first kappa shape index (κ1) is 10.1. The molecule has 0 aliphatic heterocycles. The fourth-order valence-electron chi connectivity index (χ4n) is 1.38. The molecule has 15 heavy (non-hydrogen) atoms. The van der Waals surface area contributed by atoms with E-state index in [9.17, 15) is 4.79 Å². The summed E-state index contributed by atoms with van der Waals surface area (Å²) in [5, 5.41) is 2.44. The molecule has 3 heteroatoms. The Morgan fingerprint density at radius 3 is 2.67 bits per heavy atom. The van der Waals surface area contributed by atoms with E-state index in [0.717, 1.165) is 17.5 Å². The van der Waals surface area contributed by atoms with Gasteiger partial charge in [-0.3, -0.25) is 4.79 Å². The van der Waals surface area contributed by atoms with Crippen LogP contribution in [0.15, 0.2) is 23.6 Å². The van der Waals surface area contributed by atoms with Gasteiger partial charge in [0.1, 0.15) is 0 Å². The number of thiazole rings is 1. The zero-order valence-electron chi connectivity index (χ0n) is 8.65. The highest BCUT2D eigenvalue weighted by molar-refractivity contribution is 7.11. The first-order chi connectivity index (χ1) is 7.20. The molecule has 76 valence electrons. The van der Waals surface area contributed by atoms with Gasteiger partial charge in [-0.25, -0.2) is 4.98 Å². The largest absolute Gasteiger partial charge is 0.295 e. The molecular formula is C12H11NOS. The van der Waals surface area contributed by atoms with E-state index >= 15 is 0 Å². The zero-order chi connectivity index (χ0) is 10.8. The number of carbonyl (C=O) groups is 1. The number of carbonyl (C=O) groups excluding carboxylic acids is 1. The zero-order valence-corrected chi connectivity index (χ0v) is 9.47. The summed E-state index contributed by atoms with van der Waals surface area (Å²) in [5.41, 5.74) is 4.46. The second kappa shape index (κ2) is 3.95. The number of benzene rings is 1. The van der Waals surface area contributed by atoms with Crippen LogP contribution >= 0.6 is 11.3 Å². The third kappa shape index (κ3) is 1.97.